The summed E-state index contributed by atoms with van der Waals surface area (Å²) in [5, 5.41) is 17.2. The van der Waals surface area contributed by atoms with Gasteiger partial charge >= 0.3 is 0 Å². The van der Waals surface area contributed by atoms with Crippen molar-refractivity contribution >= 4 is 23.1 Å². The average Bonchev–Trinajstić information content (AvgIpc) is 3.39. The third-order valence-electron chi connectivity index (χ3n) is 8.72. The van der Waals surface area contributed by atoms with E-state index in [1.807, 2.05) is 24.3 Å². The van der Waals surface area contributed by atoms with Crippen LogP contribution in [0.15, 0.2) is 53.5 Å². The van der Waals surface area contributed by atoms with Crippen LogP contribution in [0, 0.1) is 0 Å². The fourth-order valence-corrected chi connectivity index (χ4v) is 6.61. The van der Waals surface area contributed by atoms with Gasteiger partial charge in [-0.1, -0.05) is 18.2 Å². The maximum atomic E-state index is 13.8. The van der Waals surface area contributed by atoms with Crippen LogP contribution in [0.25, 0.3) is 11.3 Å². The van der Waals surface area contributed by atoms with Gasteiger partial charge in [-0.15, -0.1) is 0 Å². The first-order valence-corrected chi connectivity index (χ1v) is 14.5. The first kappa shape index (κ1) is 25.7. The van der Waals surface area contributed by atoms with Crippen LogP contribution in [0.1, 0.15) is 51.3 Å². The Kier molecular flexibility index (Phi) is 6.48. The standard InChI is InChI=1S/C32H34N6O3/c1-36-18-26(35-30(32(36)41)34-23-10-9-22-17-33-12-11-20(22)15-23)24-6-4-8-28(25(24)19-39)38-14-13-37-27-7-3-2-5-21(27)16-29(37)31(38)40/h4,6,8-10,15-16,18,33,39H,2-3,5,7,11-14,17,19H2,1H3,(H,34,35). The molecule has 0 saturated heterocycles. The lowest BCUT2D eigenvalue weighted by Crippen LogP contribution is -2.41. The summed E-state index contributed by atoms with van der Waals surface area (Å²) < 4.78 is 3.70. The van der Waals surface area contributed by atoms with Crippen LogP contribution >= 0.6 is 0 Å². The number of hydrogen-bond acceptors (Lipinski definition) is 6. The highest BCUT2D eigenvalue weighted by Crippen LogP contribution is 2.35. The van der Waals surface area contributed by atoms with Gasteiger partial charge in [0.05, 0.1) is 18.0 Å². The number of aliphatic hydroxyl groups is 1. The lowest BCUT2D eigenvalue weighted by molar-refractivity contribution is 0.0964. The quantitative estimate of drug-likeness (QED) is 0.350. The monoisotopic (exact) mass is 550 g/mol. The number of nitrogens with zero attached hydrogens (tertiary/aromatic N) is 4. The number of carbonyl (C=O) groups is 1. The third kappa shape index (κ3) is 4.45. The van der Waals surface area contributed by atoms with Crippen LogP contribution in [0.2, 0.25) is 0 Å². The summed E-state index contributed by atoms with van der Waals surface area (Å²) in [6, 6.07) is 13.8. The number of amides is 1. The van der Waals surface area contributed by atoms with Gasteiger partial charge in [-0.2, -0.15) is 0 Å². The Morgan fingerprint density at radius 1 is 1.00 bits per heavy atom. The number of benzene rings is 2. The maximum absolute atomic E-state index is 13.8. The molecule has 2 aromatic heterocycles. The molecule has 1 amide bonds. The van der Waals surface area contributed by atoms with Crippen LogP contribution in [0.5, 0.6) is 0 Å². The fourth-order valence-electron chi connectivity index (χ4n) is 6.61. The molecule has 210 valence electrons. The number of nitrogens with one attached hydrogen (secondary N) is 2. The molecule has 0 saturated carbocycles. The Morgan fingerprint density at radius 2 is 1.88 bits per heavy atom. The summed E-state index contributed by atoms with van der Waals surface area (Å²) in [5.41, 5.74) is 8.94. The molecule has 7 rings (SSSR count). The second-order valence-corrected chi connectivity index (χ2v) is 11.2. The van der Waals surface area contributed by atoms with Crippen molar-refractivity contribution < 1.29 is 9.90 Å². The summed E-state index contributed by atoms with van der Waals surface area (Å²) in [4.78, 5) is 33.3. The Labute approximate surface area is 238 Å². The van der Waals surface area contributed by atoms with Crippen molar-refractivity contribution in [3.8, 4) is 11.3 Å². The predicted octanol–water partition coefficient (Wildman–Crippen LogP) is 3.67. The average molecular weight is 551 g/mol. The van der Waals surface area contributed by atoms with Crippen LogP contribution in [-0.2, 0) is 46.0 Å². The molecule has 3 N–H and O–H groups in total. The van der Waals surface area contributed by atoms with E-state index in [-0.39, 0.29) is 23.9 Å². The van der Waals surface area contributed by atoms with E-state index in [4.69, 9.17) is 4.98 Å². The first-order valence-electron chi connectivity index (χ1n) is 14.5. The van der Waals surface area contributed by atoms with Crippen LogP contribution in [0.4, 0.5) is 17.2 Å². The van der Waals surface area contributed by atoms with Gasteiger partial charge in [-0.05, 0) is 79.6 Å². The molecule has 0 fully saturated rings. The van der Waals surface area contributed by atoms with Gasteiger partial charge in [-0.25, -0.2) is 4.98 Å². The Morgan fingerprint density at radius 3 is 2.76 bits per heavy atom. The minimum Gasteiger partial charge on any atom is -0.392 e. The lowest BCUT2D eigenvalue weighted by atomic mass is 9.98. The fraction of sp³-hybridized carbons (Fsp3) is 0.344. The number of carbonyl (C=O) groups excluding carboxylic acids is 1. The lowest BCUT2D eigenvalue weighted by Gasteiger charge is -2.31. The van der Waals surface area contributed by atoms with E-state index in [2.05, 4.69) is 33.4 Å². The molecule has 0 spiro atoms. The second kappa shape index (κ2) is 10.3. The zero-order chi connectivity index (χ0) is 28.1. The Bertz CT molecular complexity index is 1740. The highest BCUT2D eigenvalue weighted by molar-refractivity contribution is 6.07. The summed E-state index contributed by atoms with van der Waals surface area (Å²) in [6.07, 6.45) is 7.00. The predicted molar refractivity (Wildman–Crippen MR) is 159 cm³/mol. The van der Waals surface area contributed by atoms with Crippen molar-refractivity contribution in [2.24, 2.45) is 7.05 Å². The zero-order valence-corrected chi connectivity index (χ0v) is 23.2. The second-order valence-electron chi connectivity index (χ2n) is 11.2. The van der Waals surface area contributed by atoms with Crippen LogP contribution in [0.3, 0.4) is 0 Å². The smallest absolute Gasteiger partial charge is 0.293 e. The van der Waals surface area contributed by atoms with Crippen molar-refractivity contribution in [3.05, 3.63) is 92.7 Å². The van der Waals surface area contributed by atoms with Gasteiger partial charge in [0, 0.05) is 55.4 Å². The number of hydrogen-bond donors (Lipinski definition) is 3. The van der Waals surface area contributed by atoms with E-state index in [1.165, 1.54) is 39.8 Å². The maximum Gasteiger partial charge on any atom is 0.293 e. The molecule has 0 bridgehead atoms. The van der Waals surface area contributed by atoms with Gasteiger partial charge in [0.15, 0.2) is 5.82 Å². The Hall–Kier alpha value is -4.21. The summed E-state index contributed by atoms with van der Waals surface area (Å²) in [7, 11) is 1.70. The highest BCUT2D eigenvalue weighted by atomic mass is 16.3. The molecular formula is C32H34N6O3. The summed E-state index contributed by atoms with van der Waals surface area (Å²) in [6.45, 7) is 2.77. The van der Waals surface area contributed by atoms with Gasteiger partial charge in [0.25, 0.3) is 11.5 Å². The van der Waals surface area contributed by atoms with Crippen molar-refractivity contribution in [2.45, 2.75) is 51.8 Å². The molecule has 41 heavy (non-hydrogen) atoms. The first-order chi connectivity index (χ1) is 20.0. The number of fused-ring (bicyclic) bond motifs is 4. The molecule has 4 aromatic rings. The van der Waals surface area contributed by atoms with Gasteiger partial charge < -0.3 is 29.8 Å². The molecule has 2 aliphatic heterocycles. The topological polar surface area (TPSA) is 104 Å². The summed E-state index contributed by atoms with van der Waals surface area (Å²) in [5.74, 6) is 0.168. The van der Waals surface area contributed by atoms with Crippen molar-refractivity contribution in [3.63, 3.8) is 0 Å². The van der Waals surface area contributed by atoms with E-state index in [9.17, 15) is 14.7 Å². The van der Waals surface area contributed by atoms with Gasteiger partial charge in [-0.3, -0.25) is 9.59 Å². The number of anilines is 3. The molecule has 1 aliphatic carbocycles. The number of aliphatic hydroxyl groups excluding tert-OH is 1. The highest BCUT2D eigenvalue weighted by Gasteiger charge is 2.31. The van der Waals surface area contributed by atoms with Crippen molar-refractivity contribution in [1.82, 2.24) is 19.4 Å². The normalized spacial score (nSPS) is 16.2. The summed E-state index contributed by atoms with van der Waals surface area (Å²) >= 11 is 0. The molecular weight excluding hydrogens is 516 g/mol. The molecule has 3 aliphatic rings. The Balaban J connectivity index is 1.24. The van der Waals surface area contributed by atoms with Crippen LogP contribution in [-0.4, -0.2) is 38.2 Å². The molecule has 0 radical (unpaired) electrons. The van der Waals surface area contributed by atoms with Crippen molar-refractivity contribution in [2.75, 3.05) is 23.3 Å². The molecule has 4 heterocycles. The number of aromatic nitrogens is 3. The van der Waals surface area contributed by atoms with E-state index >= 15 is 0 Å². The SMILES string of the molecule is Cn1cc(-c2cccc(N3CCn4c(cc5c4CCCC5)C3=O)c2CO)nc(Nc2ccc3c(c2)CCNC3)c1=O. The van der Waals surface area contributed by atoms with Gasteiger partial charge in [0.2, 0.25) is 0 Å². The van der Waals surface area contributed by atoms with E-state index in [1.54, 1.807) is 18.1 Å². The number of aryl methyl sites for hydroxylation is 2. The minimum absolute atomic E-state index is 0.0455. The largest absolute Gasteiger partial charge is 0.392 e. The molecule has 9 heteroatoms. The van der Waals surface area contributed by atoms with Crippen LogP contribution < -0.4 is 21.1 Å². The zero-order valence-electron chi connectivity index (χ0n) is 23.2. The van der Waals surface area contributed by atoms with E-state index in [0.717, 1.165) is 50.3 Å². The third-order valence-corrected chi connectivity index (χ3v) is 8.72. The van der Waals surface area contributed by atoms with Gasteiger partial charge in [0.1, 0.15) is 5.69 Å². The van der Waals surface area contributed by atoms with Crippen molar-refractivity contribution in [1.29, 1.82) is 0 Å². The molecule has 9 nitrogen and oxygen atoms in total. The van der Waals surface area contributed by atoms with E-state index < -0.39 is 0 Å². The number of rotatable bonds is 5. The minimum atomic E-state index is -0.265. The molecule has 0 atom stereocenters. The van der Waals surface area contributed by atoms with E-state index in [0.29, 0.717) is 29.1 Å². The molecule has 0 unspecified atom stereocenters. The molecule has 2 aromatic carbocycles.